The van der Waals surface area contributed by atoms with E-state index in [1.54, 1.807) is 13.0 Å². The van der Waals surface area contributed by atoms with Crippen molar-refractivity contribution in [3.05, 3.63) is 34.9 Å². The Bertz CT molecular complexity index is 570. The molecule has 2 amide bonds. The van der Waals surface area contributed by atoms with Crippen molar-refractivity contribution in [2.75, 3.05) is 19.6 Å². The number of carbonyl (C=O) groups is 2. The number of hydrogen-bond donors (Lipinski definition) is 2. The van der Waals surface area contributed by atoms with Crippen LogP contribution in [-0.4, -0.2) is 36.3 Å². The monoisotopic (exact) mass is 273 g/mol. The van der Waals surface area contributed by atoms with E-state index >= 15 is 0 Å². The lowest BCUT2D eigenvalue weighted by atomic mass is 10.0. The first-order valence-corrected chi connectivity index (χ1v) is 6.36. The van der Waals surface area contributed by atoms with Gasteiger partial charge in [0.2, 0.25) is 5.91 Å². The summed E-state index contributed by atoms with van der Waals surface area (Å²) in [5.41, 5.74) is 12.6. The summed E-state index contributed by atoms with van der Waals surface area (Å²) in [7, 11) is 0. The minimum absolute atomic E-state index is 0.104. The largest absolute Gasteiger partial charge is 0.368 e. The fraction of sp³-hybridized carbons (Fsp3) is 0.333. The van der Waals surface area contributed by atoms with E-state index in [1.165, 1.54) is 4.90 Å². The lowest BCUT2D eigenvalue weighted by Crippen LogP contribution is -2.38. The molecule has 1 rings (SSSR count). The lowest BCUT2D eigenvalue weighted by molar-refractivity contribution is -0.118. The first kappa shape index (κ1) is 15.7. The van der Waals surface area contributed by atoms with Crippen LogP contribution in [0.4, 0.5) is 0 Å². The number of amides is 2. The predicted octanol–water partition coefficient (Wildman–Crippen LogP) is 0.253. The smallest absolute Gasteiger partial charge is 0.255 e. The first-order valence-electron chi connectivity index (χ1n) is 6.36. The van der Waals surface area contributed by atoms with Crippen LogP contribution in [-0.2, 0) is 4.79 Å². The molecule has 20 heavy (non-hydrogen) atoms. The van der Waals surface area contributed by atoms with E-state index in [9.17, 15) is 9.59 Å². The Morgan fingerprint density at radius 2 is 2.05 bits per heavy atom. The number of hydrogen-bond acceptors (Lipinski definition) is 3. The van der Waals surface area contributed by atoms with E-state index in [0.717, 1.165) is 5.56 Å². The maximum atomic E-state index is 12.4. The summed E-state index contributed by atoms with van der Waals surface area (Å²) in [5.74, 6) is 4.83. The van der Waals surface area contributed by atoms with Gasteiger partial charge in [0.1, 0.15) is 0 Å². The quantitative estimate of drug-likeness (QED) is 0.771. The van der Waals surface area contributed by atoms with Gasteiger partial charge in [-0.25, -0.2) is 0 Å². The highest BCUT2D eigenvalue weighted by Crippen LogP contribution is 2.13. The molecule has 1 aromatic carbocycles. The van der Waals surface area contributed by atoms with E-state index in [4.69, 9.17) is 11.5 Å². The Morgan fingerprint density at radius 3 is 2.60 bits per heavy atom. The second kappa shape index (κ2) is 7.31. The Balaban J connectivity index is 3.16. The number of primary amides is 1. The predicted molar refractivity (Wildman–Crippen MR) is 77.9 cm³/mol. The highest BCUT2D eigenvalue weighted by Gasteiger charge is 2.18. The normalized spacial score (nSPS) is 9.55. The molecule has 0 spiro atoms. The number of benzene rings is 1. The fourth-order valence-electron chi connectivity index (χ4n) is 1.78. The average molecular weight is 273 g/mol. The molecule has 0 aliphatic heterocycles. The number of likely N-dealkylation sites (N-methyl/N-ethyl adjacent to an activating group) is 1. The molecule has 0 aliphatic carbocycles. The van der Waals surface area contributed by atoms with Crippen LogP contribution in [0.5, 0.6) is 0 Å². The molecule has 0 radical (unpaired) electrons. The summed E-state index contributed by atoms with van der Waals surface area (Å²) in [6.45, 7) is 4.23. The van der Waals surface area contributed by atoms with Gasteiger partial charge < -0.3 is 16.4 Å². The van der Waals surface area contributed by atoms with Gasteiger partial charge in [-0.05, 0) is 31.5 Å². The summed E-state index contributed by atoms with van der Waals surface area (Å²) < 4.78 is 0. The standard InChI is InChI=1S/C15H19N3O2/c1-3-18(10-14(17)19)15(20)13-7-6-11(2)9-12(13)5-4-8-16/h6-7,9H,3,8,10,16H2,1-2H3,(H2,17,19). The molecule has 4 N–H and O–H groups in total. The molecule has 0 heterocycles. The van der Waals surface area contributed by atoms with Crippen molar-refractivity contribution in [2.45, 2.75) is 13.8 Å². The van der Waals surface area contributed by atoms with Crippen LogP contribution < -0.4 is 11.5 Å². The molecule has 0 aliphatic rings. The third-order valence-corrected chi connectivity index (χ3v) is 2.75. The Kier molecular flexibility index (Phi) is 5.75. The minimum Gasteiger partial charge on any atom is -0.368 e. The Morgan fingerprint density at radius 1 is 1.35 bits per heavy atom. The summed E-state index contributed by atoms with van der Waals surface area (Å²) in [6, 6.07) is 5.37. The highest BCUT2D eigenvalue weighted by molar-refractivity contribution is 5.98. The fourth-order valence-corrected chi connectivity index (χ4v) is 1.78. The Hall–Kier alpha value is -2.32. The molecule has 1 aromatic rings. The minimum atomic E-state index is -0.540. The van der Waals surface area contributed by atoms with Crippen molar-refractivity contribution in [1.82, 2.24) is 4.90 Å². The van der Waals surface area contributed by atoms with Gasteiger partial charge in [-0.2, -0.15) is 0 Å². The summed E-state index contributed by atoms with van der Waals surface area (Å²) in [5, 5.41) is 0. The second-order valence-corrected chi connectivity index (χ2v) is 4.34. The SMILES string of the molecule is CCN(CC(N)=O)C(=O)c1ccc(C)cc1C#CCN. The third kappa shape index (κ3) is 4.11. The van der Waals surface area contributed by atoms with Crippen LogP contribution in [0.1, 0.15) is 28.4 Å². The van der Waals surface area contributed by atoms with Crippen LogP contribution in [0.25, 0.3) is 0 Å². The Labute approximate surface area is 118 Å². The second-order valence-electron chi connectivity index (χ2n) is 4.34. The van der Waals surface area contributed by atoms with Crippen LogP contribution in [0, 0.1) is 18.8 Å². The number of rotatable bonds is 4. The lowest BCUT2D eigenvalue weighted by Gasteiger charge is -2.20. The molecular weight excluding hydrogens is 254 g/mol. The first-order chi connectivity index (χ1) is 9.49. The van der Waals surface area contributed by atoms with Crippen molar-refractivity contribution in [3.8, 4) is 11.8 Å². The van der Waals surface area contributed by atoms with Crippen LogP contribution in [0.3, 0.4) is 0 Å². The van der Waals surface area contributed by atoms with Crippen molar-refractivity contribution < 1.29 is 9.59 Å². The molecular formula is C15H19N3O2. The summed E-state index contributed by atoms with van der Waals surface area (Å²) in [6.07, 6.45) is 0. The average Bonchev–Trinajstić information content (AvgIpc) is 2.41. The van der Waals surface area contributed by atoms with Gasteiger partial charge in [-0.1, -0.05) is 17.9 Å². The zero-order valence-corrected chi connectivity index (χ0v) is 11.8. The van der Waals surface area contributed by atoms with Gasteiger partial charge in [0.25, 0.3) is 5.91 Å². The van der Waals surface area contributed by atoms with E-state index < -0.39 is 5.91 Å². The summed E-state index contributed by atoms with van der Waals surface area (Å²) >= 11 is 0. The third-order valence-electron chi connectivity index (χ3n) is 2.75. The molecule has 5 nitrogen and oxygen atoms in total. The van der Waals surface area contributed by atoms with E-state index in [1.807, 2.05) is 19.1 Å². The van der Waals surface area contributed by atoms with Crippen molar-refractivity contribution in [2.24, 2.45) is 11.5 Å². The molecule has 5 heteroatoms. The maximum Gasteiger partial charge on any atom is 0.255 e. The molecule has 0 aromatic heterocycles. The van der Waals surface area contributed by atoms with Gasteiger partial charge in [0, 0.05) is 12.1 Å². The molecule has 106 valence electrons. The maximum absolute atomic E-state index is 12.4. The van der Waals surface area contributed by atoms with Gasteiger partial charge >= 0.3 is 0 Å². The van der Waals surface area contributed by atoms with Crippen LogP contribution in [0.15, 0.2) is 18.2 Å². The van der Waals surface area contributed by atoms with Crippen molar-refractivity contribution in [3.63, 3.8) is 0 Å². The molecule has 0 fully saturated rings. The van der Waals surface area contributed by atoms with Crippen LogP contribution >= 0.6 is 0 Å². The number of aryl methyl sites for hydroxylation is 1. The van der Waals surface area contributed by atoms with Gasteiger partial charge in [-0.15, -0.1) is 0 Å². The number of carbonyl (C=O) groups excluding carboxylic acids is 2. The van der Waals surface area contributed by atoms with Gasteiger partial charge in [0.05, 0.1) is 18.7 Å². The van der Waals surface area contributed by atoms with Crippen molar-refractivity contribution >= 4 is 11.8 Å². The molecule has 0 atom stereocenters. The number of nitrogens with zero attached hydrogens (tertiary/aromatic N) is 1. The van der Waals surface area contributed by atoms with E-state index in [0.29, 0.717) is 17.7 Å². The van der Waals surface area contributed by atoms with Crippen molar-refractivity contribution in [1.29, 1.82) is 0 Å². The molecule has 0 unspecified atom stereocenters. The zero-order chi connectivity index (χ0) is 15.1. The van der Waals surface area contributed by atoms with Crippen LogP contribution in [0.2, 0.25) is 0 Å². The molecule has 0 saturated carbocycles. The summed E-state index contributed by atoms with van der Waals surface area (Å²) in [4.78, 5) is 24.8. The molecule has 0 bridgehead atoms. The highest BCUT2D eigenvalue weighted by atomic mass is 16.2. The van der Waals surface area contributed by atoms with Gasteiger partial charge in [0.15, 0.2) is 0 Å². The topological polar surface area (TPSA) is 89.4 Å². The van der Waals surface area contributed by atoms with E-state index in [2.05, 4.69) is 11.8 Å². The van der Waals surface area contributed by atoms with Gasteiger partial charge in [-0.3, -0.25) is 9.59 Å². The van der Waals surface area contributed by atoms with E-state index in [-0.39, 0.29) is 19.0 Å². The zero-order valence-electron chi connectivity index (χ0n) is 11.8. The molecule has 0 saturated heterocycles. The number of nitrogens with two attached hydrogens (primary N) is 2.